The molecule has 2 N–H and O–H groups in total. The van der Waals surface area contributed by atoms with E-state index in [1.807, 2.05) is 64.1 Å². The van der Waals surface area contributed by atoms with Crippen molar-refractivity contribution in [1.29, 1.82) is 0 Å². The largest absolute Gasteiger partial charge is 0.498 e. The molecule has 0 aromatic heterocycles. The summed E-state index contributed by atoms with van der Waals surface area (Å²) in [5, 5.41) is 0. The second-order valence-corrected chi connectivity index (χ2v) is 9.39. The van der Waals surface area contributed by atoms with Crippen LogP contribution in [0.25, 0.3) is 11.1 Å². The van der Waals surface area contributed by atoms with Gasteiger partial charge in [0.15, 0.2) is 0 Å². The molecule has 0 bridgehead atoms. The lowest BCUT2D eigenvalue weighted by Crippen LogP contribution is -2.41. The topological polar surface area (TPSA) is 70.8 Å². The van der Waals surface area contributed by atoms with Crippen molar-refractivity contribution in [3.8, 4) is 16.9 Å². The van der Waals surface area contributed by atoms with Crippen molar-refractivity contribution in [2.24, 2.45) is 0 Å². The first-order chi connectivity index (χ1) is 13.0. The van der Waals surface area contributed by atoms with Gasteiger partial charge in [0.25, 0.3) is 0 Å². The maximum Gasteiger partial charge on any atom is 0.498 e. The molecule has 28 heavy (non-hydrogen) atoms. The summed E-state index contributed by atoms with van der Waals surface area (Å²) in [4.78, 5) is 0. The normalized spacial score (nSPS) is 17.2. The zero-order valence-electron chi connectivity index (χ0n) is 17.7. The van der Waals surface area contributed by atoms with Crippen LogP contribution in [0.2, 0.25) is 0 Å². The third-order valence-corrected chi connectivity index (χ3v) is 4.98. The van der Waals surface area contributed by atoms with Gasteiger partial charge in [-0.25, -0.2) is 0 Å². The van der Waals surface area contributed by atoms with Crippen LogP contribution in [0, 0.1) is 0 Å². The Kier molecular flexibility index (Phi) is 6.96. The quantitative estimate of drug-likeness (QED) is 0.630. The van der Waals surface area contributed by atoms with Crippen LogP contribution in [0.4, 0.5) is 5.69 Å². The molecule has 0 spiro atoms. The van der Waals surface area contributed by atoms with E-state index >= 15 is 0 Å². The molecule has 1 aliphatic heterocycles. The Morgan fingerprint density at radius 2 is 1.39 bits per heavy atom. The Balaban J connectivity index is 0.000000640. The molecule has 0 saturated carbocycles. The third kappa shape index (κ3) is 5.16. The summed E-state index contributed by atoms with van der Waals surface area (Å²) in [6.45, 7) is 8.18. The Morgan fingerprint density at radius 3 is 1.86 bits per heavy atom. The minimum atomic E-state index is -0.611. The number of anilines is 1. The number of benzene rings is 2. The number of methoxy groups -OCH3 is 1. The molecule has 0 unspecified atom stereocenters. The van der Waals surface area contributed by atoms with E-state index in [0.29, 0.717) is 0 Å². The summed E-state index contributed by atoms with van der Waals surface area (Å²) in [5.41, 5.74) is 8.80. The van der Waals surface area contributed by atoms with Crippen molar-refractivity contribution >= 4 is 29.1 Å². The SMILES string of the molecule is COc1cc(-c2ccc(N)cc2)ccc1B1OC(C)(C)C(C)(C)O1.CS(C)=O. The fourth-order valence-corrected chi connectivity index (χ4v) is 2.73. The van der Waals surface area contributed by atoms with Crippen LogP contribution in [0.15, 0.2) is 42.5 Å². The van der Waals surface area contributed by atoms with Crippen LogP contribution in [-0.4, -0.2) is 42.2 Å². The molecule has 0 atom stereocenters. The van der Waals surface area contributed by atoms with E-state index in [9.17, 15) is 4.21 Å². The van der Waals surface area contributed by atoms with Crippen molar-refractivity contribution in [2.45, 2.75) is 38.9 Å². The van der Waals surface area contributed by atoms with Crippen LogP contribution < -0.4 is 15.9 Å². The van der Waals surface area contributed by atoms with Gasteiger partial charge in [-0.1, -0.05) is 24.3 Å². The lowest BCUT2D eigenvalue weighted by Gasteiger charge is -2.32. The Morgan fingerprint density at radius 1 is 0.929 bits per heavy atom. The van der Waals surface area contributed by atoms with E-state index in [1.165, 1.54) is 0 Å². The summed E-state index contributed by atoms with van der Waals surface area (Å²) in [6, 6.07) is 13.8. The van der Waals surface area contributed by atoms with E-state index < -0.39 is 17.9 Å². The molecule has 2 aromatic rings. The highest BCUT2D eigenvalue weighted by Crippen LogP contribution is 2.37. The zero-order valence-corrected chi connectivity index (χ0v) is 18.6. The smallest absolute Gasteiger partial charge is 0.497 e. The molecule has 1 aliphatic rings. The molecular formula is C21H30BNO4S. The van der Waals surface area contributed by atoms with Crippen molar-refractivity contribution in [3.63, 3.8) is 0 Å². The van der Waals surface area contributed by atoms with Crippen molar-refractivity contribution < 1.29 is 18.3 Å². The highest BCUT2D eigenvalue weighted by atomic mass is 32.2. The van der Waals surface area contributed by atoms with Crippen molar-refractivity contribution in [2.75, 3.05) is 25.4 Å². The standard InChI is InChI=1S/C19H24BNO3.C2H6OS/c1-18(2)19(3,4)24-20(23-18)16-11-8-14(12-17(16)22-5)13-6-9-15(21)10-7-13;1-4(2)3/h6-12H,21H2,1-5H3;1-2H3. The molecule has 1 fully saturated rings. The first kappa shape index (κ1) is 22.5. The van der Waals surface area contributed by atoms with E-state index in [0.717, 1.165) is 28.0 Å². The van der Waals surface area contributed by atoms with Gasteiger partial charge >= 0.3 is 7.12 Å². The molecule has 2 aromatic carbocycles. The molecule has 1 saturated heterocycles. The van der Waals surface area contributed by atoms with Crippen LogP contribution >= 0.6 is 0 Å². The maximum atomic E-state index is 9.56. The molecule has 0 aliphatic carbocycles. The number of ether oxygens (including phenoxy) is 1. The van der Waals surface area contributed by atoms with Gasteiger partial charge in [0.05, 0.1) is 18.3 Å². The molecule has 0 radical (unpaired) electrons. The summed E-state index contributed by atoms with van der Waals surface area (Å²) in [5.74, 6) is 0.753. The second-order valence-electron chi connectivity index (χ2n) is 7.91. The van der Waals surface area contributed by atoms with E-state index in [-0.39, 0.29) is 11.2 Å². The number of nitrogen functional groups attached to an aromatic ring is 1. The molecule has 152 valence electrons. The van der Waals surface area contributed by atoms with Gasteiger partial charge in [0.2, 0.25) is 0 Å². The van der Waals surface area contributed by atoms with E-state index in [4.69, 9.17) is 19.8 Å². The van der Waals surface area contributed by atoms with Crippen LogP contribution in [0.5, 0.6) is 5.75 Å². The molecular weight excluding hydrogens is 373 g/mol. The molecule has 3 rings (SSSR count). The zero-order chi connectivity index (χ0) is 21.1. The molecule has 0 amide bonds. The monoisotopic (exact) mass is 403 g/mol. The predicted molar refractivity (Wildman–Crippen MR) is 119 cm³/mol. The highest BCUT2D eigenvalue weighted by Gasteiger charge is 2.52. The average Bonchev–Trinajstić information content (AvgIpc) is 2.82. The van der Waals surface area contributed by atoms with Crippen molar-refractivity contribution in [1.82, 2.24) is 0 Å². The first-order valence-electron chi connectivity index (χ1n) is 9.11. The van der Waals surface area contributed by atoms with Gasteiger partial charge in [-0.2, -0.15) is 0 Å². The molecule has 5 nitrogen and oxygen atoms in total. The Labute approximate surface area is 171 Å². The second kappa shape index (κ2) is 8.68. The van der Waals surface area contributed by atoms with Gasteiger partial charge < -0.3 is 19.8 Å². The number of nitrogens with two attached hydrogens (primary N) is 1. The third-order valence-electron chi connectivity index (χ3n) is 4.98. The minimum absolute atomic E-state index is 0.377. The summed E-state index contributed by atoms with van der Waals surface area (Å²) in [6.07, 6.45) is 3.28. The summed E-state index contributed by atoms with van der Waals surface area (Å²) < 4.78 is 27.4. The first-order valence-corrected chi connectivity index (χ1v) is 11.1. The van der Waals surface area contributed by atoms with Gasteiger partial charge in [0, 0.05) is 34.5 Å². The Bertz CT molecular complexity index is 817. The molecule has 1 heterocycles. The lowest BCUT2D eigenvalue weighted by atomic mass is 9.77. The predicted octanol–water partition coefficient (Wildman–Crippen LogP) is 3.24. The number of rotatable bonds is 3. The van der Waals surface area contributed by atoms with Crippen LogP contribution in [0.3, 0.4) is 0 Å². The lowest BCUT2D eigenvalue weighted by molar-refractivity contribution is 0.00578. The summed E-state index contributed by atoms with van der Waals surface area (Å²) in [7, 11) is 0.613. The minimum Gasteiger partial charge on any atom is -0.497 e. The van der Waals surface area contributed by atoms with Gasteiger partial charge in [-0.3, -0.25) is 4.21 Å². The Hall–Kier alpha value is -1.83. The van der Waals surface area contributed by atoms with E-state index in [1.54, 1.807) is 19.6 Å². The summed E-state index contributed by atoms with van der Waals surface area (Å²) >= 11 is 0. The van der Waals surface area contributed by atoms with E-state index in [2.05, 4.69) is 6.07 Å². The highest BCUT2D eigenvalue weighted by molar-refractivity contribution is 7.83. The van der Waals surface area contributed by atoms with Gasteiger partial charge in [-0.15, -0.1) is 0 Å². The average molecular weight is 403 g/mol. The van der Waals surface area contributed by atoms with Crippen molar-refractivity contribution in [3.05, 3.63) is 42.5 Å². The van der Waals surface area contributed by atoms with Crippen LogP contribution in [0.1, 0.15) is 27.7 Å². The van der Waals surface area contributed by atoms with Gasteiger partial charge in [0.1, 0.15) is 5.75 Å². The number of hydrogen-bond acceptors (Lipinski definition) is 5. The number of hydrogen-bond donors (Lipinski definition) is 1. The van der Waals surface area contributed by atoms with Crippen LogP contribution in [-0.2, 0) is 20.1 Å². The van der Waals surface area contributed by atoms with Gasteiger partial charge in [-0.05, 0) is 57.0 Å². The maximum absolute atomic E-state index is 9.56. The fraction of sp³-hybridized carbons (Fsp3) is 0.429. The fourth-order valence-electron chi connectivity index (χ4n) is 2.73. The molecule has 7 heteroatoms.